The molecule has 0 aliphatic rings. The molecule has 0 saturated carbocycles. The van der Waals surface area contributed by atoms with Crippen molar-refractivity contribution in [1.29, 1.82) is 0 Å². The fourth-order valence-electron chi connectivity index (χ4n) is 1.29. The van der Waals surface area contributed by atoms with E-state index in [4.69, 9.17) is 9.47 Å². The van der Waals surface area contributed by atoms with E-state index in [-0.39, 0.29) is 10.8 Å². The zero-order valence-corrected chi connectivity index (χ0v) is 11.9. The first kappa shape index (κ1) is 15.9. The Bertz CT molecular complexity index is 173. The van der Waals surface area contributed by atoms with Crippen LogP contribution in [0.2, 0.25) is 0 Å². The quantitative estimate of drug-likeness (QED) is 0.650. The van der Waals surface area contributed by atoms with Gasteiger partial charge in [-0.15, -0.1) is 0 Å². The van der Waals surface area contributed by atoms with Crippen molar-refractivity contribution >= 4 is 0 Å². The molecule has 16 heavy (non-hydrogen) atoms. The zero-order chi connectivity index (χ0) is 12.7. The van der Waals surface area contributed by atoms with Crippen LogP contribution in [0.4, 0.5) is 0 Å². The van der Waals surface area contributed by atoms with Crippen molar-refractivity contribution in [2.45, 2.75) is 34.6 Å². The van der Waals surface area contributed by atoms with Gasteiger partial charge in [-0.2, -0.15) is 0 Å². The predicted molar refractivity (Wildman–Crippen MR) is 68.8 cm³/mol. The maximum Gasteiger partial charge on any atom is 0.0587 e. The van der Waals surface area contributed by atoms with Crippen LogP contribution in [0.3, 0.4) is 0 Å². The van der Waals surface area contributed by atoms with E-state index in [1.165, 1.54) is 0 Å². The second-order valence-corrected chi connectivity index (χ2v) is 6.39. The van der Waals surface area contributed by atoms with E-state index < -0.39 is 0 Å². The Morgan fingerprint density at radius 2 is 1.62 bits per heavy atom. The first-order valence-electron chi connectivity index (χ1n) is 6.04. The molecule has 0 bridgehead atoms. The standard InChI is InChI=1S/C13H29NO2/c1-12(2,3)10-16-11-13(4,5)9-14-7-8-15-6/h14H,7-11H2,1-6H3. The highest BCUT2D eigenvalue weighted by Crippen LogP contribution is 2.18. The minimum absolute atomic E-state index is 0.180. The molecule has 0 aromatic heterocycles. The Hall–Kier alpha value is -0.120. The van der Waals surface area contributed by atoms with Gasteiger partial charge in [0, 0.05) is 25.6 Å². The van der Waals surface area contributed by atoms with Crippen LogP contribution in [0.15, 0.2) is 0 Å². The molecule has 0 aliphatic heterocycles. The van der Waals surface area contributed by atoms with Gasteiger partial charge in [-0.05, 0) is 5.41 Å². The third-order valence-electron chi connectivity index (χ3n) is 2.11. The van der Waals surface area contributed by atoms with E-state index in [0.717, 1.165) is 32.9 Å². The van der Waals surface area contributed by atoms with E-state index in [0.29, 0.717) is 0 Å². The van der Waals surface area contributed by atoms with Crippen molar-refractivity contribution in [1.82, 2.24) is 5.32 Å². The van der Waals surface area contributed by atoms with Crippen LogP contribution in [0.1, 0.15) is 34.6 Å². The summed E-state index contributed by atoms with van der Waals surface area (Å²) in [6, 6.07) is 0. The Balaban J connectivity index is 3.62. The maximum absolute atomic E-state index is 5.75. The maximum atomic E-state index is 5.75. The largest absolute Gasteiger partial charge is 0.383 e. The molecule has 0 aliphatic carbocycles. The van der Waals surface area contributed by atoms with E-state index >= 15 is 0 Å². The average Bonchev–Trinajstić information content (AvgIpc) is 2.10. The lowest BCUT2D eigenvalue weighted by Gasteiger charge is -2.27. The first-order valence-corrected chi connectivity index (χ1v) is 6.04. The molecular weight excluding hydrogens is 202 g/mol. The van der Waals surface area contributed by atoms with Gasteiger partial charge in [0.2, 0.25) is 0 Å². The van der Waals surface area contributed by atoms with Crippen LogP contribution in [0.25, 0.3) is 0 Å². The Labute approximate surface area is 101 Å². The topological polar surface area (TPSA) is 30.5 Å². The van der Waals surface area contributed by atoms with Crippen molar-refractivity contribution in [2.24, 2.45) is 10.8 Å². The molecule has 0 aromatic carbocycles. The molecule has 0 rings (SSSR count). The van der Waals surface area contributed by atoms with E-state index in [9.17, 15) is 0 Å². The third-order valence-corrected chi connectivity index (χ3v) is 2.11. The highest BCUT2D eigenvalue weighted by molar-refractivity contribution is 4.71. The summed E-state index contributed by atoms with van der Waals surface area (Å²) in [5, 5.41) is 3.37. The monoisotopic (exact) mass is 231 g/mol. The van der Waals surface area contributed by atoms with Crippen molar-refractivity contribution in [3.8, 4) is 0 Å². The molecule has 0 fully saturated rings. The summed E-state index contributed by atoms with van der Waals surface area (Å²) >= 11 is 0. The van der Waals surface area contributed by atoms with Gasteiger partial charge in [0.05, 0.1) is 19.8 Å². The lowest BCUT2D eigenvalue weighted by atomic mass is 9.94. The van der Waals surface area contributed by atoms with Gasteiger partial charge in [-0.25, -0.2) is 0 Å². The molecule has 0 atom stereocenters. The summed E-state index contributed by atoms with van der Waals surface area (Å²) in [7, 11) is 1.72. The van der Waals surface area contributed by atoms with Crippen LogP contribution in [0.5, 0.6) is 0 Å². The normalized spacial score (nSPS) is 13.1. The van der Waals surface area contributed by atoms with Gasteiger partial charge >= 0.3 is 0 Å². The zero-order valence-electron chi connectivity index (χ0n) is 11.9. The minimum Gasteiger partial charge on any atom is -0.383 e. The summed E-state index contributed by atoms with van der Waals surface area (Å²) in [5.74, 6) is 0. The van der Waals surface area contributed by atoms with E-state index in [1.54, 1.807) is 7.11 Å². The predicted octanol–water partition coefficient (Wildman–Crippen LogP) is 2.31. The molecule has 3 nitrogen and oxygen atoms in total. The lowest BCUT2D eigenvalue weighted by molar-refractivity contribution is 0.0209. The average molecular weight is 231 g/mol. The second kappa shape index (κ2) is 7.25. The van der Waals surface area contributed by atoms with Gasteiger partial charge in [0.1, 0.15) is 0 Å². The molecule has 98 valence electrons. The van der Waals surface area contributed by atoms with Gasteiger partial charge < -0.3 is 14.8 Å². The first-order chi connectivity index (χ1) is 7.27. The van der Waals surface area contributed by atoms with Gasteiger partial charge in [0.25, 0.3) is 0 Å². The minimum atomic E-state index is 0.180. The molecular formula is C13H29NO2. The smallest absolute Gasteiger partial charge is 0.0587 e. The summed E-state index contributed by atoms with van der Waals surface area (Å²) in [6.07, 6.45) is 0. The molecule has 0 unspecified atom stereocenters. The van der Waals surface area contributed by atoms with Gasteiger partial charge in [-0.3, -0.25) is 0 Å². The number of rotatable bonds is 8. The molecule has 0 saturated heterocycles. The van der Waals surface area contributed by atoms with Crippen molar-refractivity contribution in [3.05, 3.63) is 0 Å². The number of hydrogen-bond donors (Lipinski definition) is 1. The van der Waals surface area contributed by atoms with Crippen LogP contribution >= 0.6 is 0 Å². The highest BCUT2D eigenvalue weighted by atomic mass is 16.5. The third kappa shape index (κ3) is 10.4. The molecule has 0 radical (unpaired) electrons. The van der Waals surface area contributed by atoms with E-state index in [2.05, 4.69) is 39.9 Å². The summed E-state index contributed by atoms with van der Waals surface area (Å²) in [6.45, 7) is 15.2. The number of ether oxygens (including phenoxy) is 2. The van der Waals surface area contributed by atoms with Crippen molar-refractivity contribution in [3.63, 3.8) is 0 Å². The van der Waals surface area contributed by atoms with Gasteiger partial charge in [-0.1, -0.05) is 34.6 Å². The van der Waals surface area contributed by atoms with Crippen molar-refractivity contribution in [2.75, 3.05) is 40.0 Å². The Morgan fingerprint density at radius 3 is 2.12 bits per heavy atom. The number of methoxy groups -OCH3 is 1. The van der Waals surface area contributed by atoms with E-state index in [1.807, 2.05) is 0 Å². The fourth-order valence-corrected chi connectivity index (χ4v) is 1.29. The summed E-state index contributed by atoms with van der Waals surface area (Å²) in [4.78, 5) is 0. The fraction of sp³-hybridized carbons (Fsp3) is 1.00. The molecule has 1 N–H and O–H groups in total. The molecule has 0 heterocycles. The molecule has 3 heteroatoms. The second-order valence-electron chi connectivity index (χ2n) is 6.39. The highest BCUT2D eigenvalue weighted by Gasteiger charge is 2.19. The molecule has 0 spiro atoms. The van der Waals surface area contributed by atoms with Gasteiger partial charge in [0.15, 0.2) is 0 Å². The summed E-state index contributed by atoms with van der Waals surface area (Å²) < 4.78 is 10.7. The van der Waals surface area contributed by atoms with Crippen LogP contribution in [-0.2, 0) is 9.47 Å². The number of hydrogen-bond acceptors (Lipinski definition) is 3. The SMILES string of the molecule is COCCNCC(C)(C)COCC(C)(C)C. The van der Waals surface area contributed by atoms with Crippen molar-refractivity contribution < 1.29 is 9.47 Å². The van der Waals surface area contributed by atoms with Crippen LogP contribution < -0.4 is 5.32 Å². The Morgan fingerprint density at radius 1 is 1.00 bits per heavy atom. The number of nitrogens with one attached hydrogen (secondary N) is 1. The Kier molecular flexibility index (Phi) is 7.20. The molecule has 0 aromatic rings. The van der Waals surface area contributed by atoms with Crippen LogP contribution in [-0.4, -0.2) is 40.0 Å². The van der Waals surface area contributed by atoms with Crippen LogP contribution in [0, 0.1) is 10.8 Å². The summed E-state index contributed by atoms with van der Waals surface area (Å²) in [5.41, 5.74) is 0.429. The lowest BCUT2D eigenvalue weighted by Crippen LogP contribution is -2.35. The molecule has 0 amide bonds.